The molecular weight excluding hydrogens is 206 g/mol. The summed E-state index contributed by atoms with van der Waals surface area (Å²) in [6.07, 6.45) is 5.81. The molecule has 2 aliphatic heterocycles. The van der Waals surface area contributed by atoms with E-state index in [2.05, 4.69) is 17.1 Å². The quantitative estimate of drug-likeness (QED) is 0.774. The Balaban J connectivity index is 0.000000845. The van der Waals surface area contributed by atoms with E-state index >= 15 is 0 Å². The maximum Gasteiger partial charge on any atom is 0.109 e. The van der Waals surface area contributed by atoms with Crippen LogP contribution in [-0.4, -0.2) is 30.4 Å². The van der Waals surface area contributed by atoms with Gasteiger partial charge in [0.15, 0.2) is 0 Å². The van der Waals surface area contributed by atoms with Gasteiger partial charge in [0, 0.05) is 11.8 Å². The maximum absolute atomic E-state index is 5.53. The van der Waals surface area contributed by atoms with E-state index in [1.165, 1.54) is 31.4 Å². The zero-order valence-corrected chi connectivity index (χ0v) is 9.46. The molecule has 2 heterocycles. The number of ether oxygens (including phenoxy) is 1. The van der Waals surface area contributed by atoms with Crippen LogP contribution in [0.15, 0.2) is 0 Å². The number of nitrogens with one attached hydrogen (secondary N) is 1. The van der Waals surface area contributed by atoms with Crippen molar-refractivity contribution in [1.82, 2.24) is 5.32 Å². The lowest BCUT2D eigenvalue weighted by Crippen LogP contribution is -2.27. The number of thioether (sulfide) groups is 1. The highest BCUT2D eigenvalue weighted by Crippen LogP contribution is 2.28. The van der Waals surface area contributed by atoms with Crippen molar-refractivity contribution in [3.63, 3.8) is 0 Å². The molecule has 78 valence electrons. The van der Waals surface area contributed by atoms with E-state index in [1.807, 2.05) is 0 Å². The summed E-state index contributed by atoms with van der Waals surface area (Å²) < 4.78 is 5.53. The molecule has 2 rings (SSSR count). The van der Waals surface area contributed by atoms with Crippen LogP contribution in [0.5, 0.6) is 0 Å². The Hall–Kier alpha value is 0.560. The minimum Gasteiger partial charge on any atom is -0.362 e. The topological polar surface area (TPSA) is 21.3 Å². The van der Waals surface area contributed by atoms with Crippen molar-refractivity contribution in [1.29, 1.82) is 0 Å². The third kappa shape index (κ3) is 3.66. The normalized spacial score (nSPS) is 34.2. The Labute approximate surface area is 90.6 Å². The van der Waals surface area contributed by atoms with Crippen LogP contribution >= 0.6 is 24.2 Å². The Bertz CT molecular complexity index is 136. The minimum atomic E-state index is 0. The van der Waals surface area contributed by atoms with E-state index in [0.717, 1.165) is 18.4 Å². The van der Waals surface area contributed by atoms with Crippen LogP contribution in [0.25, 0.3) is 0 Å². The van der Waals surface area contributed by atoms with Crippen molar-refractivity contribution in [3.05, 3.63) is 0 Å². The maximum atomic E-state index is 5.53. The smallest absolute Gasteiger partial charge is 0.109 e. The van der Waals surface area contributed by atoms with E-state index in [-0.39, 0.29) is 12.4 Å². The van der Waals surface area contributed by atoms with Gasteiger partial charge in [0.25, 0.3) is 0 Å². The predicted molar refractivity (Wildman–Crippen MR) is 59.7 cm³/mol. The fourth-order valence-corrected chi connectivity index (χ4v) is 3.21. The van der Waals surface area contributed by atoms with Gasteiger partial charge in [-0.2, -0.15) is 11.8 Å². The molecule has 2 unspecified atom stereocenters. The molecule has 0 aromatic rings. The van der Waals surface area contributed by atoms with Crippen LogP contribution < -0.4 is 5.32 Å². The Kier molecular flexibility index (Phi) is 5.48. The lowest BCUT2D eigenvalue weighted by Gasteiger charge is -2.23. The Morgan fingerprint density at radius 3 is 2.92 bits per heavy atom. The van der Waals surface area contributed by atoms with E-state index in [4.69, 9.17) is 4.74 Å². The highest BCUT2D eigenvalue weighted by atomic mass is 35.5. The van der Waals surface area contributed by atoms with Crippen molar-refractivity contribution in [3.8, 4) is 0 Å². The van der Waals surface area contributed by atoms with Crippen LogP contribution in [0, 0.1) is 0 Å². The molecule has 0 amide bonds. The molecule has 0 radical (unpaired) electrons. The number of hydrogen-bond donors (Lipinski definition) is 1. The molecule has 2 atom stereocenters. The average Bonchev–Trinajstić information content (AvgIpc) is 2.59. The van der Waals surface area contributed by atoms with Crippen LogP contribution in [0.3, 0.4) is 0 Å². The Morgan fingerprint density at radius 2 is 2.31 bits per heavy atom. The summed E-state index contributed by atoms with van der Waals surface area (Å²) >= 11 is 2.13. The van der Waals surface area contributed by atoms with Gasteiger partial charge in [-0.1, -0.05) is 6.42 Å². The Morgan fingerprint density at radius 1 is 1.38 bits per heavy atom. The zero-order valence-electron chi connectivity index (χ0n) is 7.83. The molecule has 0 aromatic carbocycles. The van der Waals surface area contributed by atoms with Crippen molar-refractivity contribution in [2.75, 3.05) is 18.9 Å². The highest BCUT2D eigenvalue weighted by molar-refractivity contribution is 7.99. The fraction of sp³-hybridized carbons (Fsp3) is 1.00. The van der Waals surface area contributed by atoms with Gasteiger partial charge < -0.3 is 4.74 Å². The molecule has 0 spiro atoms. The molecule has 2 nitrogen and oxygen atoms in total. The van der Waals surface area contributed by atoms with E-state index in [0.29, 0.717) is 6.23 Å². The van der Waals surface area contributed by atoms with E-state index < -0.39 is 0 Å². The second kappa shape index (κ2) is 6.12. The summed E-state index contributed by atoms with van der Waals surface area (Å²) in [4.78, 5) is 0. The van der Waals surface area contributed by atoms with E-state index in [1.54, 1.807) is 0 Å². The third-order valence-electron chi connectivity index (χ3n) is 2.54. The van der Waals surface area contributed by atoms with Crippen LogP contribution in [0.2, 0.25) is 0 Å². The monoisotopic (exact) mass is 223 g/mol. The predicted octanol–water partition coefficient (Wildman–Crippen LogP) is 2.03. The van der Waals surface area contributed by atoms with Gasteiger partial charge in [-0.25, -0.2) is 0 Å². The fourth-order valence-electron chi connectivity index (χ4n) is 1.86. The van der Waals surface area contributed by atoms with Gasteiger partial charge in [-0.3, -0.25) is 5.32 Å². The molecule has 2 aliphatic rings. The summed E-state index contributed by atoms with van der Waals surface area (Å²) in [6.45, 7) is 1.95. The molecule has 4 heteroatoms. The van der Waals surface area contributed by atoms with Crippen molar-refractivity contribution >= 4 is 24.2 Å². The average molecular weight is 224 g/mol. The summed E-state index contributed by atoms with van der Waals surface area (Å²) in [5.41, 5.74) is 0. The lowest BCUT2D eigenvalue weighted by molar-refractivity contribution is 0.0931. The van der Waals surface area contributed by atoms with Gasteiger partial charge in [0.2, 0.25) is 0 Å². The number of hydrogen-bond acceptors (Lipinski definition) is 3. The molecular formula is C9H18ClNOS. The van der Waals surface area contributed by atoms with Gasteiger partial charge >= 0.3 is 0 Å². The van der Waals surface area contributed by atoms with Gasteiger partial charge in [-0.15, -0.1) is 12.4 Å². The molecule has 2 fully saturated rings. The van der Waals surface area contributed by atoms with Crippen LogP contribution in [0.1, 0.15) is 25.7 Å². The van der Waals surface area contributed by atoms with Crippen molar-refractivity contribution in [2.45, 2.75) is 37.2 Å². The first-order valence-electron chi connectivity index (χ1n) is 4.92. The van der Waals surface area contributed by atoms with E-state index in [9.17, 15) is 0 Å². The summed E-state index contributed by atoms with van der Waals surface area (Å²) in [5, 5.41) is 4.22. The molecule has 2 saturated heterocycles. The SMILES string of the molecule is C1CCC(CC2NCCO2)SC1.Cl. The minimum absolute atomic E-state index is 0. The van der Waals surface area contributed by atoms with Crippen molar-refractivity contribution < 1.29 is 4.74 Å². The number of halogens is 1. The van der Waals surface area contributed by atoms with Gasteiger partial charge in [0.05, 0.1) is 6.61 Å². The largest absolute Gasteiger partial charge is 0.362 e. The summed E-state index contributed by atoms with van der Waals surface area (Å²) in [6, 6.07) is 0. The molecule has 0 aliphatic carbocycles. The van der Waals surface area contributed by atoms with Crippen molar-refractivity contribution in [2.24, 2.45) is 0 Å². The molecule has 0 saturated carbocycles. The summed E-state index contributed by atoms with van der Waals surface area (Å²) in [5.74, 6) is 1.36. The highest BCUT2D eigenvalue weighted by Gasteiger charge is 2.21. The second-order valence-electron chi connectivity index (χ2n) is 3.54. The van der Waals surface area contributed by atoms with Crippen LogP contribution in [-0.2, 0) is 4.74 Å². The number of rotatable bonds is 2. The first-order chi connectivity index (χ1) is 5.95. The summed E-state index contributed by atoms with van der Waals surface area (Å²) in [7, 11) is 0. The molecule has 0 bridgehead atoms. The van der Waals surface area contributed by atoms with Crippen LogP contribution in [0.4, 0.5) is 0 Å². The third-order valence-corrected chi connectivity index (χ3v) is 3.97. The molecule has 13 heavy (non-hydrogen) atoms. The lowest BCUT2D eigenvalue weighted by atomic mass is 10.1. The first kappa shape index (κ1) is 11.6. The van der Waals surface area contributed by atoms with Gasteiger partial charge in [0.1, 0.15) is 6.23 Å². The molecule has 0 aromatic heterocycles. The standard InChI is InChI=1S/C9H17NOS.ClH/c1-2-6-12-8(3-1)7-9-10-4-5-11-9;/h8-10H,1-7H2;1H. The zero-order chi connectivity index (χ0) is 8.23. The molecule has 1 N–H and O–H groups in total. The first-order valence-corrected chi connectivity index (χ1v) is 5.96. The second-order valence-corrected chi connectivity index (χ2v) is 4.95. The van der Waals surface area contributed by atoms with Gasteiger partial charge in [-0.05, 0) is 25.0 Å².